The average Bonchev–Trinajstić information content (AvgIpc) is 2.47. The van der Waals surface area contributed by atoms with E-state index < -0.39 is 0 Å². The van der Waals surface area contributed by atoms with Crippen LogP contribution < -0.4 is 5.73 Å². The summed E-state index contributed by atoms with van der Waals surface area (Å²) < 4.78 is 0. The van der Waals surface area contributed by atoms with Crippen molar-refractivity contribution in [2.45, 2.75) is 85.1 Å². The molecule has 2 rings (SSSR count). The fourth-order valence-corrected chi connectivity index (χ4v) is 4.55. The molecular formula is C19H38N2. The Morgan fingerprint density at radius 1 is 1.05 bits per heavy atom. The van der Waals surface area contributed by atoms with Crippen LogP contribution in [0, 0.1) is 16.7 Å². The second kappa shape index (κ2) is 6.20. The summed E-state index contributed by atoms with van der Waals surface area (Å²) in [6.07, 6.45) is 9.39. The van der Waals surface area contributed by atoms with E-state index in [0.717, 1.165) is 12.5 Å². The van der Waals surface area contributed by atoms with E-state index in [1.54, 1.807) is 0 Å². The number of likely N-dealkylation sites (tertiary alicyclic amines) is 1. The molecule has 0 aromatic carbocycles. The predicted octanol–water partition coefficient (Wildman–Crippen LogP) is 4.43. The topological polar surface area (TPSA) is 29.3 Å². The molecule has 0 aromatic heterocycles. The van der Waals surface area contributed by atoms with Gasteiger partial charge in [-0.2, -0.15) is 0 Å². The van der Waals surface area contributed by atoms with E-state index in [9.17, 15) is 0 Å². The zero-order chi connectivity index (χ0) is 15.7. The lowest BCUT2D eigenvalue weighted by Crippen LogP contribution is -2.59. The summed E-state index contributed by atoms with van der Waals surface area (Å²) in [4.78, 5) is 2.77. The molecule has 0 unspecified atom stereocenters. The minimum absolute atomic E-state index is 0.316. The van der Waals surface area contributed by atoms with Crippen molar-refractivity contribution in [3.63, 3.8) is 0 Å². The first-order chi connectivity index (χ1) is 9.75. The summed E-state index contributed by atoms with van der Waals surface area (Å²) in [5.41, 5.74) is 7.64. The number of hydrogen-bond donors (Lipinski definition) is 1. The molecule has 2 nitrogen and oxygen atoms in total. The maximum atomic E-state index is 6.28. The van der Waals surface area contributed by atoms with Crippen molar-refractivity contribution in [1.82, 2.24) is 4.90 Å². The van der Waals surface area contributed by atoms with Crippen LogP contribution in [0.3, 0.4) is 0 Å². The third-order valence-electron chi connectivity index (χ3n) is 7.02. The average molecular weight is 295 g/mol. The number of piperidine rings is 1. The first-order valence-corrected chi connectivity index (χ1v) is 9.20. The molecule has 0 bridgehead atoms. The standard InChI is InChI=1S/C19H38N2/c1-6-18(5)11-13-21(14-12-18)19(15-20)9-7-16(8-10-19)17(2,3)4/h16H,6-15,20H2,1-5H3. The van der Waals surface area contributed by atoms with Crippen LogP contribution in [0.2, 0.25) is 0 Å². The summed E-state index contributed by atoms with van der Waals surface area (Å²) in [6.45, 7) is 15.4. The van der Waals surface area contributed by atoms with Crippen molar-refractivity contribution in [2.75, 3.05) is 19.6 Å². The third-order valence-corrected chi connectivity index (χ3v) is 7.02. The van der Waals surface area contributed by atoms with Gasteiger partial charge in [-0.1, -0.05) is 41.0 Å². The molecule has 1 aliphatic carbocycles. The second-order valence-corrected chi connectivity index (χ2v) is 9.22. The molecule has 0 aromatic rings. The van der Waals surface area contributed by atoms with Crippen molar-refractivity contribution in [1.29, 1.82) is 0 Å². The van der Waals surface area contributed by atoms with Gasteiger partial charge in [0.15, 0.2) is 0 Å². The van der Waals surface area contributed by atoms with Gasteiger partial charge in [0.25, 0.3) is 0 Å². The first-order valence-electron chi connectivity index (χ1n) is 9.20. The van der Waals surface area contributed by atoms with E-state index in [1.165, 1.54) is 58.0 Å². The molecule has 0 radical (unpaired) electrons. The van der Waals surface area contributed by atoms with Gasteiger partial charge in [0.2, 0.25) is 0 Å². The van der Waals surface area contributed by atoms with Gasteiger partial charge < -0.3 is 5.73 Å². The Balaban J connectivity index is 1.98. The fourth-order valence-electron chi connectivity index (χ4n) is 4.55. The zero-order valence-corrected chi connectivity index (χ0v) is 15.2. The molecule has 2 fully saturated rings. The molecule has 1 saturated carbocycles. The summed E-state index contributed by atoms with van der Waals surface area (Å²) in [5.74, 6) is 0.878. The summed E-state index contributed by atoms with van der Waals surface area (Å²) in [7, 11) is 0. The third kappa shape index (κ3) is 3.64. The van der Waals surface area contributed by atoms with Gasteiger partial charge in [-0.05, 0) is 68.4 Å². The summed E-state index contributed by atoms with van der Waals surface area (Å²) in [5, 5.41) is 0. The summed E-state index contributed by atoms with van der Waals surface area (Å²) in [6, 6.07) is 0. The lowest BCUT2D eigenvalue weighted by Gasteiger charge is -2.53. The SMILES string of the molecule is CCC1(C)CCN(C2(CN)CCC(C(C)(C)C)CC2)CC1. The first kappa shape index (κ1) is 17.3. The van der Waals surface area contributed by atoms with Crippen LogP contribution in [-0.4, -0.2) is 30.1 Å². The molecule has 1 heterocycles. The van der Waals surface area contributed by atoms with E-state index in [4.69, 9.17) is 5.73 Å². The molecule has 21 heavy (non-hydrogen) atoms. The number of rotatable bonds is 3. The van der Waals surface area contributed by atoms with Crippen LogP contribution in [0.25, 0.3) is 0 Å². The minimum Gasteiger partial charge on any atom is -0.329 e. The highest BCUT2D eigenvalue weighted by Gasteiger charge is 2.43. The normalized spacial score (nSPS) is 34.9. The van der Waals surface area contributed by atoms with Crippen molar-refractivity contribution in [3.8, 4) is 0 Å². The van der Waals surface area contributed by atoms with Gasteiger partial charge >= 0.3 is 0 Å². The Morgan fingerprint density at radius 3 is 1.95 bits per heavy atom. The van der Waals surface area contributed by atoms with E-state index in [1.807, 2.05) is 0 Å². The van der Waals surface area contributed by atoms with Gasteiger partial charge in [-0.15, -0.1) is 0 Å². The Bertz CT molecular complexity index is 326. The van der Waals surface area contributed by atoms with Gasteiger partial charge in [0.05, 0.1) is 0 Å². The predicted molar refractivity (Wildman–Crippen MR) is 92.4 cm³/mol. The lowest BCUT2D eigenvalue weighted by atomic mass is 9.66. The highest BCUT2D eigenvalue weighted by molar-refractivity contribution is 4.99. The molecule has 0 spiro atoms. The lowest BCUT2D eigenvalue weighted by molar-refractivity contribution is -0.0163. The number of nitrogens with zero attached hydrogens (tertiary/aromatic N) is 1. The second-order valence-electron chi connectivity index (χ2n) is 9.22. The van der Waals surface area contributed by atoms with E-state index in [0.29, 0.717) is 16.4 Å². The molecule has 1 saturated heterocycles. The van der Waals surface area contributed by atoms with Gasteiger partial charge in [-0.3, -0.25) is 4.90 Å². The molecule has 2 heteroatoms. The van der Waals surface area contributed by atoms with E-state index in [2.05, 4.69) is 39.5 Å². The van der Waals surface area contributed by atoms with E-state index >= 15 is 0 Å². The molecule has 124 valence electrons. The molecular weight excluding hydrogens is 256 g/mol. The Hall–Kier alpha value is -0.0800. The fraction of sp³-hybridized carbons (Fsp3) is 1.00. The monoisotopic (exact) mass is 294 g/mol. The van der Waals surface area contributed by atoms with Gasteiger partial charge in [0.1, 0.15) is 0 Å². The van der Waals surface area contributed by atoms with Gasteiger partial charge in [0, 0.05) is 12.1 Å². The molecule has 0 amide bonds. The Kier molecular flexibility index (Phi) is 5.10. The summed E-state index contributed by atoms with van der Waals surface area (Å²) >= 11 is 0. The number of nitrogens with two attached hydrogens (primary N) is 1. The smallest absolute Gasteiger partial charge is 0.0331 e. The van der Waals surface area contributed by atoms with Gasteiger partial charge in [-0.25, -0.2) is 0 Å². The number of hydrogen-bond acceptors (Lipinski definition) is 2. The van der Waals surface area contributed by atoms with Crippen LogP contribution in [0.4, 0.5) is 0 Å². The molecule has 1 aliphatic heterocycles. The maximum Gasteiger partial charge on any atom is 0.0331 e. The van der Waals surface area contributed by atoms with Crippen LogP contribution in [-0.2, 0) is 0 Å². The molecule has 0 atom stereocenters. The van der Waals surface area contributed by atoms with Crippen molar-refractivity contribution in [3.05, 3.63) is 0 Å². The van der Waals surface area contributed by atoms with Crippen LogP contribution >= 0.6 is 0 Å². The largest absolute Gasteiger partial charge is 0.329 e. The molecule has 2 aliphatic rings. The quantitative estimate of drug-likeness (QED) is 0.834. The minimum atomic E-state index is 0.316. The van der Waals surface area contributed by atoms with Crippen LogP contribution in [0.5, 0.6) is 0 Å². The van der Waals surface area contributed by atoms with Crippen molar-refractivity contribution in [2.24, 2.45) is 22.5 Å². The maximum absolute atomic E-state index is 6.28. The van der Waals surface area contributed by atoms with Crippen molar-refractivity contribution >= 4 is 0 Å². The van der Waals surface area contributed by atoms with Crippen LogP contribution in [0.1, 0.15) is 79.6 Å². The highest BCUT2D eigenvalue weighted by Crippen LogP contribution is 2.45. The van der Waals surface area contributed by atoms with Crippen molar-refractivity contribution < 1.29 is 0 Å². The van der Waals surface area contributed by atoms with E-state index in [-0.39, 0.29) is 0 Å². The van der Waals surface area contributed by atoms with Crippen LogP contribution in [0.15, 0.2) is 0 Å². The Labute approximate surface area is 132 Å². The Morgan fingerprint density at radius 2 is 1.57 bits per heavy atom. The zero-order valence-electron chi connectivity index (χ0n) is 15.2. The highest BCUT2D eigenvalue weighted by atomic mass is 15.2. The molecule has 2 N–H and O–H groups in total.